The van der Waals surface area contributed by atoms with E-state index in [-0.39, 0.29) is 11.3 Å². The van der Waals surface area contributed by atoms with Gasteiger partial charge in [0.15, 0.2) is 0 Å². The molecule has 7 nitrogen and oxygen atoms in total. The van der Waals surface area contributed by atoms with E-state index in [2.05, 4.69) is 10.4 Å². The number of nitrogens with one attached hydrogen (secondary N) is 1. The smallest absolute Gasteiger partial charge is 0.312 e. The Labute approximate surface area is 171 Å². The monoisotopic (exact) mass is 414 g/mol. The van der Waals surface area contributed by atoms with Crippen molar-refractivity contribution in [2.24, 2.45) is 0 Å². The Balaban J connectivity index is 1.71. The van der Waals surface area contributed by atoms with Crippen LogP contribution in [0.25, 0.3) is 0 Å². The van der Waals surface area contributed by atoms with Gasteiger partial charge < -0.3 is 5.32 Å². The van der Waals surface area contributed by atoms with Gasteiger partial charge >= 0.3 is 5.69 Å². The molecule has 0 bridgehead atoms. The molecule has 0 aliphatic rings. The summed E-state index contributed by atoms with van der Waals surface area (Å²) in [6, 6.07) is 8.99. The lowest BCUT2D eigenvalue weighted by molar-refractivity contribution is -0.386. The van der Waals surface area contributed by atoms with Crippen LogP contribution in [0.1, 0.15) is 45.8 Å². The van der Waals surface area contributed by atoms with Gasteiger partial charge in [0, 0.05) is 11.1 Å². The van der Waals surface area contributed by atoms with E-state index < -0.39 is 28.5 Å². The van der Waals surface area contributed by atoms with E-state index in [1.165, 1.54) is 4.68 Å². The minimum absolute atomic E-state index is 0.00966. The predicted molar refractivity (Wildman–Crippen MR) is 106 cm³/mol. The van der Waals surface area contributed by atoms with Gasteiger partial charge in [0.1, 0.15) is 23.0 Å². The summed E-state index contributed by atoms with van der Waals surface area (Å²) in [5, 5.41) is 18.0. The Hall–Kier alpha value is -3.62. The molecule has 0 aliphatic heterocycles. The molecule has 0 saturated heterocycles. The number of rotatable bonds is 6. The fourth-order valence-corrected chi connectivity index (χ4v) is 3.24. The first-order valence-electron chi connectivity index (χ1n) is 9.20. The summed E-state index contributed by atoms with van der Waals surface area (Å²) >= 11 is 0. The van der Waals surface area contributed by atoms with Gasteiger partial charge in [-0.25, -0.2) is 8.78 Å². The molecule has 156 valence electrons. The van der Waals surface area contributed by atoms with E-state index in [4.69, 9.17) is 0 Å². The minimum atomic E-state index is -0.719. The second-order valence-corrected chi connectivity index (χ2v) is 6.99. The molecule has 0 saturated carbocycles. The molecule has 30 heavy (non-hydrogen) atoms. The lowest BCUT2D eigenvalue weighted by atomic mass is 10.1. The number of nitrogens with zero attached hydrogens (tertiary/aromatic N) is 3. The Bertz CT molecular complexity index is 1110. The second kappa shape index (κ2) is 8.40. The first-order chi connectivity index (χ1) is 14.2. The first-order valence-corrected chi connectivity index (χ1v) is 9.20. The highest BCUT2D eigenvalue weighted by atomic mass is 19.1. The lowest BCUT2D eigenvalue weighted by Gasteiger charge is -2.15. The number of hydrogen-bond acceptors (Lipinski definition) is 4. The van der Waals surface area contributed by atoms with Crippen molar-refractivity contribution in [1.82, 2.24) is 15.1 Å². The van der Waals surface area contributed by atoms with Gasteiger partial charge in [0.2, 0.25) is 0 Å². The molecule has 2 aromatic carbocycles. The largest absolute Gasteiger partial charge is 0.345 e. The number of amides is 1. The Kier molecular flexibility index (Phi) is 5.91. The summed E-state index contributed by atoms with van der Waals surface area (Å²) in [6.45, 7) is 5.09. The van der Waals surface area contributed by atoms with Gasteiger partial charge in [-0.3, -0.25) is 19.6 Å². The maximum atomic E-state index is 13.9. The molecule has 0 aliphatic carbocycles. The molecule has 3 aromatic rings. The third-order valence-electron chi connectivity index (χ3n) is 4.85. The molecule has 0 spiro atoms. The number of aryl methyl sites for hydroxylation is 1. The second-order valence-electron chi connectivity index (χ2n) is 6.99. The van der Waals surface area contributed by atoms with Crippen molar-refractivity contribution in [3.8, 4) is 0 Å². The standard InChI is InChI=1S/C21H20F2N4O3/c1-12(18-10-17(22)8-9-19(18)23)24-21(28)16-6-4-15(5-7-16)11-26-14(3)20(27(29)30)13(2)25-26/h4-10,12H,11H2,1-3H3,(H,24,28). The van der Waals surface area contributed by atoms with Crippen LogP contribution in [0.4, 0.5) is 14.5 Å². The third kappa shape index (κ3) is 4.35. The molecule has 1 N–H and O–H groups in total. The fraction of sp³-hybridized carbons (Fsp3) is 0.238. The van der Waals surface area contributed by atoms with E-state index in [0.717, 1.165) is 23.8 Å². The number of benzene rings is 2. The maximum absolute atomic E-state index is 13.9. The van der Waals surface area contributed by atoms with Crippen molar-refractivity contribution in [2.75, 3.05) is 0 Å². The Morgan fingerprint density at radius 1 is 1.20 bits per heavy atom. The van der Waals surface area contributed by atoms with Crippen LogP contribution in [0.3, 0.4) is 0 Å². The van der Waals surface area contributed by atoms with Gasteiger partial charge in [-0.1, -0.05) is 12.1 Å². The molecular formula is C21H20F2N4O3. The number of carbonyl (C=O) groups is 1. The zero-order valence-corrected chi connectivity index (χ0v) is 16.6. The summed E-state index contributed by atoms with van der Waals surface area (Å²) in [5.74, 6) is -1.61. The molecule has 1 atom stereocenters. The summed E-state index contributed by atoms with van der Waals surface area (Å²) < 4.78 is 28.8. The van der Waals surface area contributed by atoms with Crippen LogP contribution in [0, 0.1) is 35.6 Å². The Morgan fingerprint density at radius 2 is 1.87 bits per heavy atom. The molecule has 9 heteroatoms. The van der Waals surface area contributed by atoms with Crippen LogP contribution in [-0.2, 0) is 6.54 Å². The first kappa shape index (κ1) is 21.1. The topological polar surface area (TPSA) is 90.1 Å². The normalized spacial score (nSPS) is 11.9. The van der Waals surface area contributed by atoms with Gasteiger partial charge in [-0.05, 0) is 56.7 Å². The van der Waals surface area contributed by atoms with E-state index in [1.807, 2.05) is 0 Å². The van der Waals surface area contributed by atoms with Crippen LogP contribution in [0.5, 0.6) is 0 Å². The number of carbonyl (C=O) groups excluding carboxylic acids is 1. The molecular weight excluding hydrogens is 394 g/mol. The summed E-state index contributed by atoms with van der Waals surface area (Å²) in [4.78, 5) is 23.1. The van der Waals surface area contributed by atoms with Crippen LogP contribution < -0.4 is 5.32 Å². The molecule has 3 rings (SSSR count). The van der Waals surface area contributed by atoms with Crippen molar-refractivity contribution in [3.05, 3.63) is 92.3 Å². The zero-order valence-electron chi connectivity index (χ0n) is 16.6. The van der Waals surface area contributed by atoms with Crippen molar-refractivity contribution in [1.29, 1.82) is 0 Å². The highest BCUT2D eigenvalue weighted by Crippen LogP contribution is 2.23. The van der Waals surface area contributed by atoms with E-state index >= 15 is 0 Å². The van der Waals surface area contributed by atoms with E-state index in [0.29, 0.717) is 23.5 Å². The average molecular weight is 414 g/mol. The highest BCUT2D eigenvalue weighted by molar-refractivity contribution is 5.94. The summed E-state index contributed by atoms with van der Waals surface area (Å²) in [5.41, 5.74) is 1.99. The SMILES string of the molecule is Cc1nn(Cc2ccc(C(=O)NC(C)c3cc(F)ccc3F)cc2)c(C)c1[N+](=O)[O-]. The highest BCUT2D eigenvalue weighted by Gasteiger charge is 2.22. The molecule has 0 fully saturated rings. The van der Waals surface area contributed by atoms with Crippen LogP contribution in [-0.4, -0.2) is 20.6 Å². The van der Waals surface area contributed by atoms with Gasteiger partial charge in [-0.2, -0.15) is 5.10 Å². The minimum Gasteiger partial charge on any atom is -0.345 e. The van der Waals surface area contributed by atoms with Crippen molar-refractivity contribution < 1.29 is 18.5 Å². The lowest BCUT2D eigenvalue weighted by Crippen LogP contribution is -2.27. The van der Waals surface area contributed by atoms with E-state index in [9.17, 15) is 23.7 Å². The predicted octanol–water partition coefficient (Wildman–Crippen LogP) is 4.23. The maximum Gasteiger partial charge on any atom is 0.312 e. The van der Waals surface area contributed by atoms with Crippen molar-refractivity contribution >= 4 is 11.6 Å². The number of halogens is 2. The van der Waals surface area contributed by atoms with Crippen LogP contribution >= 0.6 is 0 Å². The quantitative estimate of drug-likeness (QED) is 0.483. The number of aromatic nitrogens is 2. The van der Waals surface area contributed by atoms with Crippen LogP contribution in [0.15, 0.2) is 42.5 Å². The molecule has 1 amide bonds. The number of nitro groups is 1. The summed E-state index contributed by atoms with van der Waals surface area (Å²) in [6.07, 6.45) is 0. The van der Waals surface area contributed by atoms with Crippen LogP contribution in [0.2, 0.25) is 0 Å². The molecule has 1 aromatic heterocycles. The van der Waals surface area contributed by atoms with Gasteiger partial charge in [0.05, 0.1) is 17.5 Å². The average Bonchev–Trinajstić information content (AvgIpc) is 2.97. The molecule has 0 radical (unpaired) electrons. The fourth-order valence-electron chi connectivity index (χ4n) is 3.24. The third-order valence-corrected chi connectivity index (χ3v) is 4.85. The summed E-state index contributed by atoms with van der Waals surface area (Å²) in [7, 11) is 0. The number of hydrogen-bond donors (Lipinski definition) is 1. The zero-order chi connectivity index (χ0) is 22.0. The van der Waals surface area contributed by atoms with Gasteiger partial charge in [-0.15, -0.1) is 0 Å². The van der Waals surface area contributed by atoms with Crippen molar-refractivity contribution in [3.63, 3.8) is 0 Å². The molecule has 1 heterocycles. The van der Waals surface area contributed by atoms with Gasteiger partial charge in [0.25, 0.3) is 5.91 Å². The Morgan fingerprint density at radius 3 is 2.47 bits per heavy atom. The van der Waals surface area contributed by atoms with E-state index in [1.54, 1.807) is 45.0 Å². The van der Waals surface area contributed by atoms with Crippen molar-refractivity contribution in [2.45, 2.75) is 33.4 Å². The molecule has 1 unspecified atom stereocenters.